The second-order valence-electron chi connectivity index (χ2n) is 3.28. The molecule has 0 fully saturated rings. The molecule has 12 heavy (non-hydrogen) atoms. The van der Waals surface area contributed by atoms with E-state index in [9.17, 15) is 0 Å². The van der Waals surface area contributed by atoms with Gasteiger partial charge in [0, 0.05) is 11.9 Å². The number of hydrogen-bond acceptors (Lipinski definition) is 1. The number of allylic oxidation sites excluding steroid dienone is 1. The first-order valence-electron chi connectivity index (χ1n) is 4.65. The fourth-order valence-electron chi connectivity index (χ4n) is 0.841. The van der Waals surface area contributed by atoms with Gasteiger partial charge in [0.2, 0.25) is 0 Å². The van der Waals surface area contributed by atoms with Crippen molar-refractivity contribution in [2.45, 2.75) is 39.0 Å². The van der Waals surface area contributed by atoms with E-state index in [1.54, 1.807) is 0 Å². The predicted molar refractivity (Wildman–Crippen MR) is 56.8 cm³/mol. The van der Waals surface area contributed by atoms with Crippen molar-refractivity contribution in [3.8, 4) is 0 Å². The van der Waals surface area contributed by atoms with Gasteiger partial charge in [-0.1, -0.05) is 18.6 Å². The highest BCUT2D eigenvalue weighted by molar-refractivity contribution is 6.20. The largest absolute Gasteiger partial charge is 0.313 e. The van der Waals surface area contributed by atoms with Crippen molar-refractivity contribution in [3.63, 3.8) is 0 Å². The Morgan fingerprint density at radius 2 is 2.17 bits per heavy atom. The Labute approximate surface area is 81.2 Å². The van der Waals surface area contributed by atoms with Crippen molar-refractivity contribution in [2.24, 2.45) is 0 Å². The lowest BCUT2D eigenvalue weighted by atomic mass is 10.2. The highest BCUT2D eigenvalue weighted by Crippen LogP contribution is 2.04. The molecule has 0 aliphatic rings. The highest BCUT2D eigenvalue weighted by Gasteiger charge is 1.98. The molecule has 0 aromatic rings. The molecular weight excluding hydrogens is 170 g/mol. The van der Waals surface area contributed by atoms with Gasteiger partial charge in [-0.15, -0.1) is 11.6 Å². The van der Waals surface area contributed by atoms with E-state index in [0.717, 1.165) is 25.9 Å². The molecule has 1 N–H and O–H groups in total. The Bertz CT molecular complexity index is 128. The summed E-state index contributed by atoms with van der Waals surface area (Å²) in [6, 6.07) is 0. The van der Waals surface area contributed by atoms with E-state index in [2.05, 4.69) is 32.2 Å². The molecule has 2 heteroatoms. The normalized spacial score (nSPS) is 12.7. The SMILES string of the molecule is CCC(Cl)CCNCC=C(C)C. The minimum absolute atomic E-state index is 0.337. The minimum atomic E-state index is 0.337. The molecular formula is C10H20ClN. The van der Waals surface area contributed by atoms with Gasteiger partial charge in [0.1, 0.15) is 0 Å². The van der Waals surface area contributed by atoms with Crippen LogP contribution in [0.2, 0.25) is 0 Å². The predicted octanol–water partition coefficient (Wildman–Crippen LogP) is 2.95. The molecule has 1 atom stereocenters. The van der Waals surface area contributed by atoms with E-state index in [-0.39, 0.29) is 0 Å². The van der Waals surface area contributed by atoms with E-state index in [1.165, 1.54) is 5.57 Å². The van der Waals surface area contributed by atoms with Crippen LogP contribution in [-0.4, -0.2) is 18.5 Å². The average Bonchev–Trinajstić information content (AvgIpc) is 2.03. The lowest BCUT2D eigenvalue weighted by molar-refractivity contribution is 0.652. The van der Waals surface area contributed by atoms with Crippen molar-refractivity contribution < 1.29 is 0 Å². The third-order valence-corrected chi connectivity index (χ3v) is 2.26. The summed E-state index contributed by atoms with van der Waals surface area (Å²) in [7, 11) is 0. The van der Waals surface area contributed by atoms with E-state index < -0.39 is 0 Å². The zero-order valence-electron chi connectivity index (χ0n) is 8.36. The Hall–Kier alpha value is -0.0100. The molecule has 0 saturated heterocycles. The molecule has 0 saturated carbocycles. The fourth-order valence-corrected chi connectivity index (χ4v) is 0.950. The maximum atomic E-state index is 5.95. The Morgan fingerprint density at radius 3 is 2.67 bits per heavy atom. The summed E-state index contributed by atoms with van der Waals surface area (Å²) in [6.07, 6.45) is 4.32. The number of alkyl halides is 1. The molecule has 0 spiro atoms. The zero-order chi connectivity index (χ0) is 9.40. The number of halogens is 1. The molecule has 0 heterocycles. The van der Waals surface area contributed by atoms with Gasteiger partial charge in [-0.25, -0.2) is 0 Å². The molecule has 0 amide bonds. The second-order valence-corrected chi connectivity index (χ2v) is 3.90. The van der Waals surface area contributed by atoms with E-state index >= 15 is 0 Å². The third kappa shape index (κ3) is 8.09. The van der Waals surface area contributed by atoms with Crippen LogP contribution in [0.1, 0.15) is 33.6 Å². The lowest BCUT2D eigenvalue weighted by Gasteiger charge is -2.05. The molecule has 72 valence electrons. The summed E-state index contributed by atoms with van der Waals surface area (Å²) in [6.45, 7) is 8.32. The lowest BCUT2D eigenvalue weighted by Crippen LogP contribution is -2.18. The smallest absolute Gasteiger partial charge is 0.0345 e. The van der Waals surface area contributed by atoms with Crippen LogP contribution in [0.4, 0.5) is 0 Å². The first-order valence-corrected chi connectivity index (χ1v) is 5.08. The highest BCUT2D eigenvalue weighted by atomic mass is 35.5. The summed E-state index contributed by atoms with van der Waals surface area (Å²) in [5, 5.41) is 3.66. The van der Waals surface area contributed by atoms with Crippen molar-refractivity contribution in [1.82, 2.24) is 5.32 Å². The summed E-state index contributed by atoms with van der Waals surface area (Å²) in [4.78, 5) is 0. The zero-order valence-corrected chi connectivity index (χ0v) is 9.12. The van der Waals surface area contributed by atoms with Gasteiger partial charge in [-0.3, -0.25) is 0 Å². The maximum Gasteiger partial charge on any atom is 0.0345 e. The fraction of sp³-hybridized carbons (Fsp3) is 0.800. The first kappa shape index (κ1) is 12.0. The first-order chi connectivity index (χ1) is 5.66. The van der Waals surface area contributed by atoms with E-state index in [0.29, 0.717) is 5.38 Å². The molecule has 0 radical (unpaired) electrons. The van der Waals surface area contributed by atoms with Crippen LogP contribution in [0.15, 0.2) is 11.6 Å². The second kappa shape index (κ2) is 7.63. The van der Waals surface area contributed by atoms with Crippen LogP contribution in [0.25, 0.3) is 0 Å². The van der Waals surface area contributed by atoms with Crippen LogP contribution < -0.4 is 5.32 Å². The summed E-state index contributed by atoms with van der Waals surface area (Å²) < 4.78 is 0. The van der Waals surface area contributed by atoms with Gasteiger partial charge in [-0.05, 0) is 33.2 Å². The number of rotatable bonds is 6. The van der Waals surface area contributed by atoms with Crippen LogP contribution in [0.5, 0.6) is 0 Å². The maximum absolute atomic E-state index is 5.95. The monoisotopic (exact) mass is 189 g/mol. The Balaban J connectivity index is 3.16. The van der Waals surface area contributed by atoms with Gasteiger partial charge in [-0.2, -0.15) is 0 Å². The molecule has 0 bridgehead atoms. The average molecular weight is 190 g/mol. The van der Waals surface area contributed by atoms with Gasteiger partial charge in [0.05, 0.1) is 0 Å². The molecule has 0 rings (SSSR count). The number of hydrogen-bond donors (Lipinski definition) is 1. The standard InChI is InChI=1S/C10H20ClN/c1-4-10(11)6-8-12-7-5-9(2)3/h5,10,12H,4,6-8H2,1-3H3. The molecule has 0 aromatic heterocycles. The van der Waals surface area contributed by atoms with Gasteiger partial charge >= 0.3 is 0 Å². The van der Waals surface area contributed by atoms with Crippen molar-refractivity contribution in [1.29, 1.82) is 0 Å². The molecule has 0 aromatic carbocycles. The Kier molecular flexibility index (Phi) is 7.62. The molecule has 1 nitrogen and oxygen atoms in total. The quantitative estimate of drug-likeness (QED) is 0.385. The summed E-state index contributed by atoms with van der Waals surface area (Å²) in [5.41, 5.74) is 1.36. The van der Waals surface area contributed by atoms with Crippen molar-refractivity contribution >= 4 is 11.6 Å². The van der Waals surface area contributed by atoms with Crippen LogP contribution in [0, 0.1) is 0 Å². The topological polar surface area (TPSA) is 12.0 Å². The van der Waals surface area contributed by atoms with E-state index in [1.807, 2.05) is 0 Å². The van der Waals surface area contributed by atoms with Crippen molar-refractivity contribution in [2.75, 3.05) is 13.1 Å². The number of nitrogens with one attached hydrogen (secondary N) is 1. The van der Waals surface area contributed by atoms with E-state index in [4.69, 9.17) is 11.6 Å². The van der Waals surface area contributed by atoms with Crippen LogP contribution >= 0.6 is 11.6 Å². The molecule has 1 unspecified atom stereocenters. The van der Waals surface area contributed by atoms with Crippen LogP contribution in [0.3, 0.4) is 0 Å². The van der Waals surface area contributed by atoms with Crippen molar-refractivity contribution in [3.05, 3.63) is 11.6 Å². The molecule has 0 aliphatic heterocycles. The third-order valence-electron chi connectivity index (χ3n) is 1.73. The summed E-state index contributed by atoms with van der Waals surface area (Å²) in [5.74, 6) is 0. The molecule has 0 aliphatic carbocycles. The van der Waals surface area contributed by atoms with Gasteiger partial charge in [0.15, 0.2) is 0 Å². The van der Waals surface area contributed by atoms with Gasteiger partial charge in [0.25, 0.3) is 0 Å². The Morgan fingerprint density at radius 1 is 1.50 bits per heavy atom. The minimum Gasteiger partial charge on any atom is -0.313 e. The van der Waals surface area contributed by atoms with Gasteiger partial charge < -0.3 is 5.32 Å². The van der Waals surface area contributed by atoms with Crippen LogP contribution in [-0.2, 0) is 0 Å². The summed E-state index contributed by atoms with van der Waals surface area (Å²) >= 11 is 5.95.